The highest BCUT2D eigenvalue weighted by atomic mass is 16.6. The van der Waals surface area contributed by atoms with E-state index in [1.165, 1.54) is 0 Å². The minimum Gasteiger partial charge on any atom is -0.444 e. The smallest absolute Gasteiger partial charge is 0.408 e. The number of hydrogen-bond donors (Lipinski definition) is 1. The normalized spacial score (nSPS) is 21.8. The lowest BCUT2D eigenvalue weighted by Gasteiger charge is -2.24. The number of ether oxygens (including phenoxy) is 2. The lowest BCUT2D eigenvalue weighted by Crippen LogP contribution is -2.48. The Morgan fingerprint density at radius 2 is 1.91 bits per heavy atom. The first kappa shape index (κ1) is 16.5. The molecule has 0 aliphatic carbocycles. The molecule has 0 unspecified atom stereocenters. The summed E-state index contributed by atoms with van der Waals surface area (Å²) in [4.78, 5) is 24.5. The maximum absolute atomic E-state index is 12.5. The fourth-order valence-corrected chi connectivity index (χ4v) is 2.13. The van der Waals surface area contributed by atoms with Crippen LogP contribution in [0.15, 0.2) is 30.3 Å². The molecule has 2 atom stereocenters. The van der Waals surface area contributed by atoms with Gasteiger partial charge in [-0.25, -0.2) is 4.79 Å². The first-order valence-corrected chi connectivity index (χ1v) is 7.41. The zero-order chi connectivity index (χ0) is 16.4. The molecule has 5 nitrogen and oxygen atoms in total. The Kier molecular flexibility index (Phi) is 4.56. The fraction of sp³-hybridized carbons (Fsp3) is 0.529. The van der Waals surface area contributed by atoms with Crippen LogP contribution in [0.1, 0.15) is 33.3 Å². The topological polar surface area (TPSA) is 67.9 Å². The number of carbonyl (C=O) groups excluding carboxylic acids is 2. The van der Waals surface area contributed by atoms with E-state index in [9.17, 15) is 9.59 Å². The molecule has 1 saturated heterocycles. The van der Waals surface area contributed by atoms with E-state index < -0.39 is 23.3 Å². The third-order valence-corrected chi connectivity index (χ3v) is 3.39. The summed E-state index contributed by atoms with van der Waals surface area (Å²) in [5.74, 6) is -0.123. The Morgan fingerprint density at radius 3 is 2.41 bits per heavy atom. The molecule has 1 fully saturated rings. The highest BCUT2D eigenvalue weighted by molar-refractivity contribution is 5.96. The van der Waals surface area contributed by atoms with Gasteiger partial charge in [0.15, 0.2) is 5.78 Å². The number of epoxide rings is 1. The SMILES string of the molecule is CC(C)(C)OC(=O)N[C@@H](Cc1ccccc1)C(=O)[C@@]1(C)CO1. The number of benzene rings is 1. The number of nitrogens with one attached hydrogen (secondary N) is 1. The van der Waals surface area contributed by atoms with E-state index in [2.05, 4.69) is 5.32 Å². The molecule has 120 valence electrons. The van der Waals surface area contributed by atoms with Gasteiger partial charge in [0.1, 0.15) is 11.2 Å². The number of Topliss-reactive ketones (excluding diaryl/α,β-unsaturated/α-hetero) is 1. The maximum atomic E-state index is 12.5. The molecule has 1 aliphatic rings. The summed E-state index contributed by atoms with van der Waals surface area (Å²) < 4.78 is 10.5. The molecule has 0 spiro atoms. The largest absolute Gasteiger partial charge is 0.444 e. The third-order valence-electron chi connectivity index (χ3n) is 3.39. The summed E-state index contributed by atoms with van der Waals surface area (Å²) in [6.45, 7) is 7.49. The van der Waals surface area contributed by atoms with E-state index in [-0.39, 0.29) is 5.78 Å². The summed E-state index contributed by atoms with van der Waals surface area (Å²) in [6, 6.07) is 8.90. The predicted octanol–water partition coefficient (Wildman–Crippen LogP) is 2.48. The zero-order valence-electron chi connectivity index (χ0n) is 13.5. The molecule has 0 radical (unpaired) electrons. The van der Waals surface area contributed by atoms with Crippen LogP contribution in [0, 0.1) is 0 Å². The Bertz CT molecular complexity index is 544. The molecular formula is C17H23NO4. The molecule has 5 heteroatoms. The first-order chi connectivity index (χ1) is 10.2. The van der Waals surface area contributed by atoms with Gasteiger partial charge < -0.3 is 14.8 Å². The molecule has 22 heavy (non-hydrogen) atoms. The van der Waals surface area contributed by atoms with Gasteiger partial charge in [0.05, 0.1) is 12.6 Å². The van der Waals surface area contributed by atoms with Crippen molar-refractivity contribution in [2.75, 3.05) is 6.61 Å². The van der Waals surface area contributed by atoms with Crippen LogP contribution in [0.25, 0.3) is 0 Å². The van der Waals surface area contributed by atoms with E-state index in [4.69, 9.17) is 9.47 Å². The van der Waals surface area contributed by atoms with Crippen molar-refractivity contribution in [2.45, 2.75) is 51.4 Å². The standard InChI is InChI=1S/C17H23NO4/c1-16(2,3)22-15(20)18-13(14(19)17(4)11-21-17)10-12-8-6-5-7-9-12/h5-9,13H,10-11H2,1-4H3,(H,18,20)/t13-,17+/m0/s1. The summed E-state index contributed by atoms with van der Waals surface area (Å²) in [7, 11) is 0. The lowest BCUT2D eigenvalue weighted by molar-refractivity contribution is -0.125. The molecule has 0 bridgehead atoms. The predicted molar refractivity (Wildman–Crippen MR) is 82.7 cm³/mol. The van der Waals surface area contributed by atoms with Crippen LogP contribution in [0.3, 0.4) is 0 Å². The Labute approximate surface area is 131 Å². The minimum absolute atomic E-state index is 0.123. The maximum Gasteiger partial charge on any atom is 0.408 e. The molecule has 1 N–H and O–H groups in total. The average Bonchev–Trinajstić information content (AvgIpc) is 3.15. The van der Waals surface area contributed by atoms with Crippen LogP contribution in [0.2, 0.25) is 0 Å². The monoisotopic (exact) mass is 305 g/mol. The molecule has 1 amide bonds. The number of rotatable bonds is 5. The van der Waals surface area contributed by atoms with Crippen molar-refractivity contribution in [2.24, 2.45) is 0 Å². The Morgan fingerprint density at radius 1 is 1.32 bits per heavy atom. The molecule has 0 saturated carbocycles. The van der Waals surface area contributed by atoms with Crippen LogP contribution in [-0.2, 0) is 20.7 Å². The van der Waals surface area contributed by atoms with Gasteiger partial charge in [0, 0.05) is 0 Å². The number of ketones is 1. The van der Waals surface area contributed by atoms with Gasteiger partial charge in [0.25, 0.3) is 0 Å². The Hall–Kier alpha value is -1.88. The van der Waals surface area contributed by atoms with Gasteiger partial charge in [-0.2, -0.15) is 0 Å². The second-order valence-electron chi connectivity index (χ2n) is 6.77. The number of carbonyl (C=O) groups is 2. The zero-order valence-corrected chi connectivity index (χ0v) is 13.5. The molecule has 0 aromatic heterocycles. The molecular weight excluding hydrogens is 282 g/mol. The molecule has 1 aromatic carbocycles. The Balaban J connectivity index is 2.08. The van der Waals surface area contributed by atoms with Crippen molar-refractivity contribution in [3.8, 4) is 0 Å². The minimum atomic E-state index is -0.783. The van der Waals surface area contributed by atoms with E-state index in [1.54, 1.807) is 27.7 Å². The summed E-state index contributed by atoms with van der Waals surface area (Å²) in [5, 5.41) is 2.68. The van der Waals surface area contributed by atoms with Crippen molar-refractivity contribution in [3.05, 3.63) is 35.9 Å². The quantitative estimate of drug-likeness (QED) is 0.849. The van der Waals surface area contributed by atoms with Gasteiger partial charge in [-0.1, -0.05) is 30.3 Å². The summed E-state index contributed by atoms with van der Waals surface area (Å²) in [6.07, 6.45) is -0.177. The summed E-state index contributed by atoms with van der Waals surface area (Å²) >= 11 is 0. The molecule has 1 aromatic rings. The average molecular weight is 305 g/mol. The van der Waals surface area contributed by atoms with Gasteiger partial charge >= 0.3 is 6.09 Å². The highest BCUT2D eigenvalue weighted by Gasteiger charge is 2.50. The van der Waals surface area contributed by atoms with Gasteiger partial charge in [0.2, 0.25) is 0 Å². The summed E-state index contributed by atoms with van der Waals surface area (Å²) in [5.41, 5.74) is -0.417. The fourth-order valence-electron chi connectivity index (χ4n) is 2.13. The second kappa shape index (κ2) is 6.08. The van der Waals surface area contributed by atoms with Crippen LogP contribution >= 0.6 is 0 Å². The molecule has 1 aliphatic heterocycles. The van der Waals surface area contributed by atoms with Gasteiger partial charge in [-0.05, 0) is 39.7 Å². The highest BCUT2D eigenvalue weighted by Crippen LogP contribution is 2.29. The van der Waals surface area contributed by atoms with E-state index in [1.807, 2.05) is 30.3 Å². The van der Waals surface area contributed by atoms with Crippen molar-refractivity contribution in [3.63, 3.8) is 0 Å². The molecule has 2 rings (SSSR count). The van der Waals surface area contributed by atoms with Crippen molar-refractivity contribution in [1.29, 1.82) is 0 Å². The first-order valence-electron chi connectivity index (χ1n) is 7.41. The van der Waals surface area contributed by atoms with Crippen LogP contribution in [0.5, 0.6) is 0 Å². The number of amides is 1. The van der Waals surface area contributed by atoms with E-state index in [0.717, 1.165) is 5.56 Å². The number of alkyl carbamates (subject to hydrolysis) is 1. The van der Waals surface area contributed by atoms with E-state index in [0.29, 0.717) is 13.0 Å². The van der Waals surface area contributed by atoms with Crippen molar-refractivity contribution >= 4 is 11.9 Å². The lowest BCUT2D eigenvalue weighted by atomic mass is 9.95. The van der Waals surface area contributed by atoms with Gasteiger partial charge in [-0.15, -0.1) is 0 Å². The van der Waals surface area contributed by atoms with Crippen LogP contribution in [-0.4, -0.2) is 35.7 Å². The third kappa shape index (κ3) is 4.56. The van der Waals surface area contributed by atoms with E-state index >= 15 is 0 Å². The van der Waals surface area contributed by atoms with Crippen molar-refractivity contribution < 1.29 is 19.1 Å². The molecule has 1 heterocycles. The number of hydrogen-bond acceptors (Lipinski definition) is 4. The van der Waals surface area contributed by atoms with Crippen LogP contribution in [0.4, 0.5) is 4.79 Å². The van der Waals surface area contributed by atoms with Gasteiger partial charge in [-0.3, -0.25) is 4.79 Å². The second-order valence-corrected chi connectivity index (χ2v) is 6.77. The van der Waals surface area contributed by atoms with Crippen LogP contribution < -0.4 is 5.32 Å². The van der Waals surface area contributed by atoms with Crippen molar-refractivity contribution in [1.82, 2.24) is 5.32 Å².